The maximum atomic E-state index is 13.0. The molecule has 1 amide bonds. The lowest BCUT2D eigenvalue weighted by atomic mass is 10.2. The summed E-state index contributed by atoms with van der Waals surface area (Å²) in [6.07, 6.45) is 1.43. The Morgan fingerprint density at radius 2 is 1.74 bits per heavy atom. The molecule has 4 rings (SSSR count). The van der Waals surface area contributed by atoms with Crippen molar-refractivity contribution >= 4 is 23.4 Å². The van der Waals surface area contributed by atoms with Crippen LogP contribution in [0.3, 0.4) is 0 Å². The lowest BCUT2D eigenvalue weighted by Crippen LogP contribution is -2.16. The molecular formula is C23H19N7O. The third-order valence-electron chi connectivity index (χ3n) is 4.49. The van der Waals surface area contributed by atoms with E-state index in [1.807, 2.05) is 56.3 Å². The van der Waals surface area contributed by atoms with Crippen molar-refractivity contribution in [1.82, 2.24) is 19.7 Å². The van der Waals surface area contributed by atoms with E-state index in [-0.39, 0.29) is 11.5 Å². The predicted molar refractivity (Wildman–Crippen MR) is 117 cm³/mol. The zero-order valence-electron chi connectivity index (χ0n) is 17.0. The minimum atomic E-state index is -0.362. The van der Waals surface area contributed by atoms with Gasteiger partial charge in [0.2, 0.25) is 5.95 Å². The number of carbonyl (C=O) groups is 1. The fourth-order valence-electron chi connectivity index (χ4n) is 3.14. The summed E-state index contributed by atoms with van der Waals surface area (Å²) in [6, 6.07) is 20.2. The molecule has 4 aromatic rings. The molecule has 0 aliphatic rings. The molecule has 2 aromatic carbocycles. The topological polar surface area (TPSA) is 109 Å². The normalized spacial score (nSPS) is 10.4. The highest BCUT2D eigenvalue weighted by atomic mass is 16.1. The number of benzene rings is 2. The number of carbonyl (C=O) groups excluding carboxylic acids is 1. The van der Waals surface area contributed by atoms with Crippen LogP contribution in [0.2, 0.25) is 0 Å². The number of nitrogens with one attached hydrogen (secondary N) is 2. The summed E-state index contributed by atoms with van der Waals surface area (Å²) in [4.78, 5) is 21.7. The Hall–Kier alpha value is -4.51. The molecule has 0 aliphatic carbocycles. The van der Waals surface area contributed by atoms with E-state index in [0.29, 0.717) is 23.0 Å². The van der Waals surface area contributed by atoms with Crippen LogP contribution in [0.5, 0.6) is 0 Å². The van der Waals surface area contributed by atoms with Gasteiger partial charge in [-0.2, -0.15) is 10.4 Å². The summed E-state index contributed by atoms with van der Waals surface area (Å²) in [5.41, 5.74) is 3.80. The van der Waals surface area contributed by atoms with Crippen LogP contribution in [0.15, 0.2) is 66.9 Å². The third kappa shape index (κ3) is 4.41. The first kappa shape index (κ1) is 19.8. The van der Waals surface area contributed by atoms with E-state index in [1.54, 1.807) is 18.2 Å². The second kappa shape index (κ2) is 8.47. The van der Waals surface area contributed by atoms with E-state index in [4.69, 9.17) is 0 Å². The number of anilines is 3. The van der Waals surface area contributed by atoms with Crippen molar-refractivity contribution in [2.75, 3.05) is 10.6 Å². The van der Waals surface area contributed by atoms with Crippen LogP contribution in [0.1, 0.15) is 27.3 Å². The number of hydrogen-bond acceptors (Lipinski definition) is 6. The predicted octanol–water partition coefficient (Wildman–Crippen LogP) is 4.15. The van der Waals surface area contributed by atoms with E-state index < -0.39 is 0 Å². The largest absolute Gasteiger partial charge is 0.324 e. The van der Waals surface area contributed by atoms with Gasteiger partial charge in [-0.15, -0.1) is 0 Å². The lowest BCUT2D eigenvalue weighted by Gasteiger charge is -2.11. The number of amides is 1. The average Bonchev–Trinajstić information content (AvgIpc) is 3.16. The molecule has 0 radical (unpaired) electrons. The van der Waals surface area contributed by atoms with Crippen molar-refractivity contribution in [1.29, 1.82) is 5.26 Å². The number of aromatic nitrogens is 4. The summed E-state index contributed by atoms with van der Waals surface area (Å²) in [6.45, 7) is 3.79. The highest BCUT2D eigenvalue weighted by molar-refractivity contribution is 6.05. The van der Waals surface area contributed by atoms with Gasteiger partial charge < -0.3 is 10.6 Å². The van der Waals surface area contributed by atoms with Gasteiger partial charge >= 0.3 is 0 Å². The van der Waals surface area contributed by atoms with Crippen molar-refractivity contribution in [2.24, 2.45) is 0 Å². The van der Waals surface area contributed by atoms with E-state index in [2.05, 4.69) is 31.8 Å². The first-order valence-corrected chi connectivity index (χ1v) is 9.58. The zero-order chi connectivity index (χ0) is 21.8. The second-order valence-electron chi connectivity index (χ2n) is 6.90. The Bertz CT molecular complexity index is 1270. The van der Waals surface area contributed by atoms with E-state index in [1.165, 1.54) is 10.9 Å². The van der Waals surface area contributed by atoms with Gasteiger partial charge in [-0.05, 0) is 50.2 Å². The zero-order valence-corrected chi connectivity index (χ0v) is 17.0. The van der Waals surface area contributed by atoms with Crippen molar-refractivity contribution in [3.8, 4) is 11.8 Å². The first-order valence-electron chi connectivity index (χ1n) is 9.58. The maximum absolute atomic E-state index is 13.0. The number of nitriles is 1. The average molecular weight is 409 g/mol. The standard InChI is InChI=1S/C23H19N7O/c1-15-11-16(2)27-23(26-15)28-19-8-6-7-17(12-19)22(31)29-21-18(13-24)14-25-30(21)20-9-4-3-5-10-20/h3-12,14H,1-2H3,(H,29,31)(H,26,27,28). The highest BCUT2D eigenvalue weighted by Crippen LogP contribution is 2.21. The van der Waals surface area contributed by atoms with Crippen LogP contribution in [0, 0.1) is 25.2 Å². The van der Waals surface area contributed by atoms with E-state index in [0.717, 1.165) is 17.1 Å². The molecule has 2 aromatic heterocycles. The molecule has 0 fully saturated rings. The quantitative estimate of drug-likeness (QED) is 0.513. The van der Waals surface area contributed by atoms with Gasteiger partial charge in [-0.25, -0.2) is 14.6 Å². The number of para-hydroxylation sites is 1. The van der Waals surface area contributed by atoms with Gasteiger partial charge in [0, 0.05) is 22.6 Å². The third-order valence-corrected chi connectivity index (χ3v) is 4.49. The van der Waals surface area contributed by atoms with Crippen LogP contribution in [0.4, 0.5) is 17.5 Å². The Labute approximate surface area is 179 Å². The minimum Gasteiger partial charge on any atom is -0.324 e. The molecular weight excluding hydrogens is 390 g/mol. The van der Waals surface area contributed by atoms with Crippen LogP contribution in [-0.2, 0) is 0 Å². The number of rotatable bonds is 5. The number of aryl methyl sites for hydroxylation is 2. The summed E-state index contributed by atoms with van der Waals surface area (Å²) >= 11 is 0. The number of hydrogen-bond donors (Lipinski definition) is 2. The SMILES string of the molecule is Cc1cc(C)nc(Nc2cccc(C(=O)Nc3c(C#N)cnn3-c3ccccc3)c2)n1. The molecule has 0 aliphatic heterocycles. The highest BCUT2D eigenvalue weighted by Gasteiger charge is 2.16. The van der Waals surface area contributed by atoms with Crippen molar-refractivity contribution < 1.29 is 4.79 Å². The number of nitrogens with zero attached hydrogens (tertiary/aromatic N) is 5. The molecule has 0 saturated carbocycles. The Kier molecular flexibility index (Phi) is 5.41. The molecule has 8 heteroatoms. The molecule has 152 valence electrons. The monoisotopic (exact) mass is 409 g/mol. The van der Waals surface area contributed by atoms with Crippen molar-refractivity contribution in [2.45, 2.75) is 13.8 Å². The Morgan fingerprint density at radius 1 is 1.00 bits per heavy atom. The van der Waals surface area contributed by atoms with Crippen molar-refractivity contribution in [3.05, 3.63) is 89.4 Å². The molecule has 8 nitrogen and oxygen atoms in total. The van der Waals surface area contributed by atoms with Crippen molar-refractivity contribution in [3.63, 3.8) is 0 Å². The Morgan fingerprint density at radius 3 is 2.45 bits per heavy atom. The molecule has 31 heavy (non-hydrogen) atoms. The minimum absolute atomic E-state index is 0.273. The van der Waals surface area contributed by atoms with E-state index >= 15 is 0 Å². The fourth-order valence-corrected chi connectivity index (χ4v) is 3.14. The van der Waals surface area contributed by atoms with Gasteiger partial charge in [-0.1, -0.05) is 24.3 Å². The van der Waals surface area contributed by atoms with E-state index in [9.17, 15) is 10.1 Å². The van der Waals surface area contributed by atoms with Crippen LogP contribution < -0.4 is 10.6 Å². The van der Waals surface area contributed by atoms with Crippen LogP contribution in [-0.4, -0.2) is 25.7 Å². The van der Waals surface area contributed by atoms with Gasteiger partial charge in [0.05, 0.1) is 11.9 Å². The van der Waals surface area contributed by atoms with Gasteiger partial charge in [0.25, 0.3) is 5.91 Å². The summed E-state index contributed by atoms with van der Waals surface area (Å²) in [5, 5.41) is 19.6. The maximum Gasteiger partial charge on any atom is 0.256 e. The van der Waals surface area contributed by atoms with Gasteiger partial charge in [0.1, 0.15) is 11.6 Å². The fraction of sp³-hybridized carbons (Fsp3) is 0.0870. The summed E-state index contributed by atoms with van der Waals surface area (Å²) in [7, 11) is 0. The van der Waals surface area contributed by atoms with Crippen LogP contribution in [0.25, 0.3) is 5.69 Å². The molecule has 0 spiro atoms. The molecule has 2 heterocycles. The first-order chi connectivity index (χ1) is 15.0. The smallest absolute Gasteiger partial charge is 0.256 e. The molecule has 0 saturated heterocycles. The molecule has 2 N–H and O–H groups in total. The molecule has 0 bridgehead atoms. The van der Waals surface area contributed by atoms with Gasteiger partial charge in [0.15, 0.2) is 5.82 Å². The molecule has 0 atom stereocenters. The molecule has 0 unspecified atom stereocenters. The second-order valence-corrected chi connectivity index (χ2v) is 6.90. The van der Waals surface area contributed by atoms with Crippen LogP contribution >= 0.6 is 0 Å². The Balaban J connectivity index is 1.60. The summed E-state index contributed by atoms with van der Waals surface area (Å²) < 4.78 is 1.53. The van der Waals surface area contributed by atoms with Gasteiger partial charge in [-0.3, -0.25) is 4.79 Å². The summed E-state index contributed by atoms with van der Waals surface area (Å²) in [5.74, 6) is 0.415. The lowest BCUT2D eigenvalue weighted by molar-refractivity contribution is 0.102.